The van der Waals surface area contributed by atoms with Crippen LogP contribution in [0.25, 0.3) is 0 Å². The number of hydrogen-bond acceptors (Lipinski definition) is 4. The topological polar surface area (TPSA) is 55.8 Å². The van der Waals surface area contributed by atoms with Gasteiger partial charge in [0.25, 0.3) is 5.91 Å². The molecule has 5 nitrogen and oxygen atoms in total. The fourth-order valence-electron chi connectivity index (χ4n) is 3.12. The number of benzene rings is 2. The number of para-hydroxylation sites is 1. The van der Waals surface area contributed by atoms with E-state index in [2.05, 4.69) is 0 Å². The summed E-state index contributed by atoms with van der Waals surface area (Å²) >= 11 is 5.98. The van der Waals surface area contributed by atoms with Gasteiger partial charge in [-0.05, 0) is 55.2 Å². The van der Waals surface area contributed by atoms with Crippen molar-refractivity contribution in [1.82, 2.24) is 0 Å². The van der Waals surface area contributed by atoms with Gasteiger partial charge in [0.2, 0.25) is 0 Å². The Morgan fingerprint density at radius 1 is 1.12 bits per heavy atom. The molecule has 0 N–H and O–H groups in total. The molecule has 0 bridgehead atoms. The number of carbonyl (C=O) groups is 2. The number of fused-ring (bicyclic) bond motifs is 1. The van der Waals surface area contributed by atoms with Gasteiger partial charge in [0.1, 0.15) is 5.75 Å². The van der Waals surface area contributed by atoms with E-state index >= 15 is 0 Å². The summed E-state index contributed by atoms with van der Waals surface area (Å²) in [5, 5.41) is 0.617. The van der Waals surface area contributed by atoms with Crippen LogP contribution in [-0.4, -0.2) is 31.6 Å². The predicted octanol–water partition coefficient (Wildman–Crippen LogP) is 3.47. The van der Waals surface area contributed by atoms with Gasteiger partial charge in [0.05, 0.1) is 0 Å². The average molecular weight is 374 g/mol. The highest BCUT2D eigenvalue weighted by Gasteiger charge is 2.24. The molecule has 1 heterocycles. The number of rotatable bonds is 5. The molecule has 0 saturated carbocycles. The lowest BCUT2D eigenvalue weighted by Gasteiger charge is -2.17. The van der Waals surface area contributed by atoms with Gasteiger partial charge in [-0.2, -0.15) is 0 Å². The summed E-state index contributed by atoms with van der Waals surface area (Å²) in [6.07, 6.45) is 0.814. The highest BCUT2D eigenvalue weighted by Crippen LogP contribution is 2.28. The zero-order chi connectivity index (χ0) is 18.7. The maximum atomic E-state index is 12.3. The summed E-state index contributed by atoms with van der Waals surface area (Å²) in [6.45, 7) is 3.76. The van der Waals surface area contributed by atoms with Crippen LogP contribution in [0.4, 0.5) is 5.69 Å². The molecule has 3 rings (SSSR count). The van der Waals surface area contributed by atoms with E-state index in [1.54, 1.807) is 17.0 Å². The van der Waals surface area contributed by atoms with Gasteiger partial charge >= 0.3 is 5.97 Å². The minimum atomic E-state index is -0.584. The van der Waals surface area contributed by atoms with Crippen molar-refractivity contribution < 1.29 is 19.1 Å². The molecule has 2 aromatic rings. The number of carbonyl (C=O) groups excluding carboxylic acids is 2. The molecule has 0 aromatic heterocycles. The first kappa shape index (κ1) is 18.3. The van der Waals surface area contributed by atoms with Crippen LogP contribution in [0.2, 0.25) is 5.02 Å². The third kappa shape index (κ3) is 3.99. The minimum absolute atomic E-state index is 0.234. The number of anilines is 1. The monoisotopic (exact) mass is 373 g/mol. The van der Waals surface area contributed by atoms with Crippen molar-refractivity contribution in [2.45, 2.75) is 20.3 Å². The van der Waals surface area contributed by atoms with Crippen LogP contribution in [0, 0.1) is 13.8 Å². The van der Waals surface area contributed by atoms with Crippen LogP contribution in [0.3, 0.4) is 0 Å². The number of hydrogen-bond donors (Lipinski definition) is 0. The Morgan fingerprint density at radius 2 is 1.81 bits per heavy atom. The Morgan fingerprint density at radius 3 is 2.54 bits per heavy atom. The number of ether oxygens (including phenoxy) is 2. The maximum absolute atomic E-state index is 12.3. The van der Waals surface area contributed by atoms with Crippen molar-refractivity contribution >= 4 is 29.2 Å². The van der Waals surface area contributed by atoms with Gasteiger partial charge in [0.15, 0.2) is 13.2 Å². The molecule has 0 spiro atoms. The van der Waals surface area contributed by atoms with Crippen LogP contribution in [0.5, 0.6) is 5.75 Å². The molecule has 26 heavy (non-hydrogen) atoms. The second-order valence-corrected chi connectivity index (χ2v) is 6.68. The summed E-state index contributed by atoms with van der Waals surface area (Å²) < 4.78 is 10.6. The van der Waals surface area contributed by atoms with E-state index in [1.807, 2.05) is 38.1 Å². The summed E-state index contributed by atoms with van der Waals surface area (Å²) in [6, 6.07) is 11.3. The second-order valence-electron chi connectivity index (χ2n) is 6.24. The van der Waals surface area contributed by atoms with Crippen molar-refractivity contribution in [3.63, 3.8) is 0 Å². The first-order chi connectivity index (χ1) is 12.5. The summed E-state index contributed by atoms with van der Waals surface area (Å²) in [4.78, 5) is 25.9. The largest absolute Gasteiger partial charge is 0.481 e. The lowest BCUT2D eigenvalue weighted by Crippen LogP contribution is -2.33. The molecule has 1 aliphatic heterocycles. The molecule has 0 aliphatic carbocycles. The van der Waals surface area contributed by atoms with Gasteiger partial charge in [0, 0.05) is 17.3 Å². The molecule has 1 amide bonds. The summed E-state index contributed by atoms with van der Waals surface area (Å²) in [7, 11) is 0. The van der Waals surface area contributed by atoms with Crippen LogP contribution in [0.15, 0.2) is 36.4 Å². The molecule has 6 heteroatoms. The van der Waals surface area contributed by atoms with Crippen LogP contribution >= 0.6 is 11.6 Å². The smallest absolute Gasteiger partial charge is 0.344 e. The van der Waals surface area contributed by atoms with Gasteiger partial charge in [-0.1, -0.05) is 29.8 Å². The number of esters is 1. The third-order valence-corrected chi connectivity index (χ3v) is 4.52. The Bertz CT molecular complexity index is 826. The van der Waals surface area contributed by atoms with Crippen molar-refractivity contribution in [1.29, 1.82) is 0 Å². The van der Waals surface area contributed by atoms with Crippen molar-refractivity contribution in [3.05, 3.63) is 58.1 Å². The van der Waals surface area contributed by atoms with E-state index in [0.29, 0.717) is 17.3 Å². The first-order valence-electron chi connectivity index (χ1n) is 8.39. The van der Waals surface area contributed by atoms with E-state index in [1.165, 1.54) is 0 Å². The highest BCUT2D eigenvalue weighted by atomic mass is 35.5. The third-order valence-electron chi connectivity index (χ3n) is 4.30. The summed E-state index contributed by atoms with van der Waals surface area (Å²) in [5.41, 5.74) is 3.70. The zero-order valence-electron chi connectivity index (χ0n) is 14.8. The summed E-state index contributed by atoms with van der Waals surface area (Å²) in [5.74, 6) is -0.215. The second kappa shape index (κ2) is 7.79. The van der Waals surface area contributed by atoms with E-state index in [4.69, 9.17) is 21.1 Å². The van der Waals surface area contributed by atoms with E-state index in [0.717, 1.165) is 28.8 Å². The molecule has 1 aliphatic rings. The number of amides is 1. The molecule has 0 atom stereocenters. The van der Waals surface area contributed by atoms with Crippen molar-refractivity contribution in [3.8, 4) is 5.75 Å². The van der Waals surface area contributed by atoms with Crippen molar-refractivity contribution in [2.24, 2.45) is 0 Å². The zero-order valence-corrected chi connectivity index (χ0v) is 15.5. The molecule has 0 radical (unpaired) electrons. The number of aryl methyl sites for hydroxylation is 2. The highest BCUT2D eigenvalue weighted by molar-refractivity contribution is 6.30. The van der Waals surface area contributed by atoms with Crippen LogP contribution in [-0.2, 0) is 20.7 Å². The normalized spacial score (nSPS) is 12.7. The lowest BCUT2D eigenvalue weighted by molar-refractivity contribution is -0.149. The first-order valence-corrected chi connectivity index (χ1v) is 8.77. The molecule has 2 aromatic carbocycles. The van der Waals surface area contributed by atoms with Gasteiger partial charge in [-0.25, -0.2) is 4.79 Å². The number of halogens is 1. The minimum Gasteiger partial charge on any atom is -0.481 e. The quantitative estimate of drug-likeness (QED) is 0.753. The molecule has 0 saturated heterocycles. The van der Waals surface area contributed by atoms with Gasteiger partial charge in [-0.3, -0.25) is 4.79 Å². The van der Waals surface area contributed by atoms with Gasteiger partial charge in [-0.15, -0.1) is 0 Å². The molecule has 0 fully saturated rings. The fourth-order valence-corrected chi connectivity index (χ4v) is 3.44. The fraction of sp³-hybridized carbons (Fsp3) is 0.300. The maximum Gasteiger partial charge on any atom is 0.344 e. The van der Waals surface area contributed by atoms with Gasteiger partial charge < -0.3 is 14.4 Å². The SMILES string of the molecule is Cc1cc(Cl)cc(C)c1OCC(=O)OCC(=O)N1CCc2ccccc21. The molecular weight excluding hydrogens is 354 g/mol. The van der Waals surface area contributed by atoms with E-state index in [-0.39, 0.29) is 19.1 Å². The molecular formula is C20H20ClNO4. The van der Waals surface area contributed by atoms with E-state index in [9.17, 15) is 9.59 Å². The Kier molecular flexibility index (Phi) is 5.47. The Hall–Kier alpha value is -2.53. The van der Waals surface area contributed by atoms with Crippen LogP contribution < -0.4 is 9.64 Å². The molecule has 136 valence electrons. The van der Waals surface area contributed by atoms with Crippen LogP contribution in [0.1, 0.15) is 16.7 Å². The number of nitrogens with zero attached hydrogens (tertiary/aromatic N) is 1. The Balaban J connectivity index is 1.51. The average Bonchev–Trinajstić information content (AvgIpc) is 3.03. The standard InChI is InChI=1S/C20H20ClNO4/c1-13-9-16(21)10-14(2)20(13)26-12-19(24)25-11-18(23)22-8-7-15-5-3-4-6-17(15)22/h3-6,9-10H,7-8,11-12H2,1-2H3. The van der Waals surface area contributed by atoms with E-state index < -0.39 is 5.97 Å². The van der Waals surface area contributed by atoms with Crippen molar-refractivity contribution in [2.75, 3.05) is 24.7 Å². The Labute approximate surface area is 157 Å². The lowest BCUT2D eigenvalue weighted by atomic mass is 10.1. The molecule has 0 unspecified atom stereocenters. The predicted molar refractivity (Wildman–Crippen MR) is 99.9 cm³/mol.